The molecule has 3 aromatic carbocycles. The third-order valence-electron chi connectivity index (χ3n) is 5.57. The van der Waals surface area contributed by atoms with Crippen molar-refractivity contribution in [1.82, 2.24) is 5.32 Å². The molecule has 4 rings (SSSR count). The van der Waals surface area contributed by atoms with Gasteiger partial charge in [-0.15, -0.1) is 0 Å². The molecule has 31 heavy (non-hydrogen) atoms. The smallest absolute Gasteiger partial charge is 0.255 e. The molecule has 0 aliphatic carbocycles. The summed E-state index contributed by atoms with van der Waals surface area (Å²) in [6.07, 6.45) is 0.566. The number of fused-ring (bicyclic) bond motifs is 1. The number of hydrogen-bond donors (Lipinski definition) is 2. The van der Waals surface area contributed by atoms with Crippen LogP contribution >= 0.6 is 0 Å². The van der Waals surface area contributed by atoms with Crippen molar-refractivity contribution in [1.29, 1.82) is 0 Å². The molecule has 0 spiro atoms. The van der Waals surface area contributed by atoms with Gasteiger partial charge in [0.15, 0.2) is 0 Å². The van der Waals surface area contributed by atoms with Crippen LogP contribution in [-0.2, 0) is 11.2 Å². The van der Waals surface area contributed by atoms with Gasteiger partial charge in [-0.3, -0.25) is 9.59 Å². The van der Waals surface area contributed by atoms with Crippen LogP contribution in [0, 0.1) is 12.8 Å². The largest absolute Gasteiger partial charge is 0.492 e. The van der Waals surface area contributed by atoms with Gasteiger partial charge in [0.25, 0.3) is 5.91 Å². The van der Waals surface area contributed by atoms with E-state index in [0.29, 0.717) is 24.3 Å². The Morgan fingerprint density at radius 2 is 1.74 bits per heavy atom. The summed E-state index contributed by atoms with van der Waals surface area (Å²) in [5, 5.41) is 6.01. The van der Waals surface area contributed by atoms with Gasteiger partial charge in [-0.1, -0.05) is 48.0 Å². The van der Waals surface area contributed by atoms with Crippen LogP contribution < -0.4 is 15.4 Å². The van der Waals surface area contributed by atoms with Crippen molar-refractivity contribution >= 4 is 17.5 Å². The number of nitrogens with one attached hydrogen (secondary N) is 2. The minimum Gasteiger partial charge on any atom is -0.492 e. The van der Waals surface area contributed by atoms with Crippen LogP contribution in [0.1, 0.15) is 40.0 Å². The van der Waals surface area contributed by atoms with Crippen LogP contribution in [-0.4, -0.2) is 18.4 Å². The summed E-state index contributed by atoms with van der Waals surface area (Å²) in [7, 11) is 0. The number of amides is 2. The molecule has 1 aliphatic heterocycles. The van der Waals surface area contributed by atoms with Crippen LogP contribution in [0.2, 0.25) is 0 Å². The van der Waals surface area contributed by atoms with E-state index in [1.54, 1.807) is 12.1 Å². The molecule has 0 radical (unpaired) electrons. The molecule has 0 fully saturated rings. The Hall–Kier alpha value is -3.60. The van der Waals surface area contributed by atoms with Crippen molar-refractivity contribution in [3.8, 4) is 5.75 Å². The number of carbonyl (C=O) groups is 2. The van der Waals surface area contributed by atoms with E-state index in [1.165, 1.54) is 0 Å². The average molecular weight is 415 g/mol. The van der Waals surface area contributed by atoms with Gasteiger partial charge in [-0.05, 0) is 61.7 Å². The first-order chi connectivity index (χ1) is 15.0. The molecule has 1 aliphatic rings. The lowest BCUT2D eigenvalue weighted by Crippen LogP contribution is -2.38. The SMILES string of the molecule is Cc1ccc(C(=O)Nc2ccc3c(c2)C[C@H](C(=O)N[C@@H](C)c2ccccc2)CO3)cc1. The maximum Gasteiger partial charge on any atom is 0.255 e. The molecule has 1 heterocycles. The number of aryl methyl sites for hydroxylation is 1. The van der Waals surface area contributed by atoms with E-state index in [1.807, 2.05) is 74.5 Å². The van der Waals surface area contributed by atoms with Gasteiger partial charge < -0.3 is 15.4 Å². The summed E-state index contributed by atoms with van der Waals surface area (Å²) >= 11 is 0. The number of benzene rings is 3. The molecule has 5 heteroatoms. The van der Waals surface area contributed by atoms with E-state index in [9.17, 15) is 9.59 Å². The normalized spacial score (nSPS) is 15.9. The van der Waals surface area contributed by atoms with Crippen LogP contribution in [0.5, 0.6) is 5.75 Å². The second kappa shape index (κ2) is 9.04. The number of ether oxygens (including phenoxy) is 1. The molecule has 158 valence electrons. The van der Waals surface area contributed by atoms with E-state index in [0.717, 1.165) is 22.4 Å². The quantitative estimate of drug-likeness (QED) is 0.637. The number of rotatable bonds is 5. The lowest BCUT2D eigenvalue weighted by Gasteiger charge is -2.26. The predicted octanol–water partition coefficient (Wildman–Crippen LogP) is 4.68. The molecular weight excluding hydrogens is 388 g/mol. The van der Waals surface area contributed by atoms with Crippen molar-refractivity contribution < 1.29 is 14.3 Å². The fourth-order valence-electron chi connectivity index (χ4n) is 3.71. The minimum atomic E-state index is -0.276. The molecule has 0 saturated carbocycles. The lowest BCUT2D eigenvalue weighted by molar-refractivity contribution is -0.126. The lowest BCUT2D eigenvalue weighted by atomic mass is 9.95. The topological polar surface area (TPSA) is 67.4 Å². The summed E-state index contributed by atoms with van der Waals surface area (Å²) < 4.78 is 5.83. The highest BCUT2D eigenvalue weighted by atomic mass is 16.5. The molecule has 2 atom stereocenters. The van der Waals surface area contributed by atoms with Crippen LogP contribution in [0.3, 0.4) is 0 Å². The first-order valence-corrected chi connectivity index (χ1v) is 10.5. The molecule has 0 aromatic heterocycles. The Morgan fingerprint density at radius 1 is 1.00 bits per heavy atom. The maximum absolute atomic E-state index is 12.8. The number of carbonyl (C=O) groups excluding carboxylic acids is 2. The summed E-state index contributed by atoms with van der Waals surface area (Å²) in [4.78, 5) is 25.3. The van der Waals surface area contributed by atoms with Gasteiger partial charge in [0.2, 0.25) is 5.91 Å². The van der Waals surface area contributed by atoms with Gasteiger partial charge in [0.05, 0.1) is 12.0 Å². The van der Waals surface area contributed by atoms with Crippen molar-refractivity contribution in [3.05, 3.63) is 95.1 Å². The van der Waals surface area contributed by atoms with E-state index < -0.39 is 0 Å². The highest BCUT2D eigenvalue weighted by Gasteiger charge is 2.27. The van der Waals surface area contributed by atoms with E-state index in [-0.39, 0.29) is 23.8 Å². The van der Waals surface area contributed by atoms with Crippen molar-refractivity contribution in [2.24, 2.45) is 5.92 Å². The van der Waals surface area contributed by atoms with Gasteiger partial charge in [0, 0.05) is 11.3 Å². The Morgan fingerprint density at radius 3 is 2.48 bits per heavy atom. The summed E-state index contributed by atoms with van der Waals surface area (Å²) in [5.74, 6) is 0.286. The molecule has 5 nitrogen and oxygen atoms in total. The summed E-state index contributed by atoms with van der Waals surface area (Å²) in [5.41, 5.74) is 4.38. The minimum absolute atomic E-state index is 0.0314. The van der Waals surface area contributed by atoms with Gasteiger partial charge in [-0.2, -0.15) is 0 Å². The molecule has 0 unspecified atom stereocenters. The third kappa shape index (κ3) is 4.94. The third-order valence-corrected chi connectivity index (χ3v) is 5.57. The van der Waals surface area contributed by atoms with Gasteiger partial charge in [-0.25, -0.2) is 0 Å². The van der Waals surface area contributed by atoms with E-state index >= 15 is 0 Å². The number of anilines is 1. The molecule has 0 saturated heterocycles. The maximum atomic E-state index is 12.8. The summed E-state index contributed by atoms with van der Waals surface area (Å²) in [6, 6.07) is 22.8. The number of hydrogen-bond acceptors (Lipinski definition) is 3. The summed E-state index contributed by atoms with van der Waals surface area (Å²) in [6.45, 7) is 4.30. The molecule has 2 N–H and O–H groups in total. The predicted molar refractivity (Wildman–Crippen MR) is 121 cm³/mol. The fraction of sp³-hybridized carbons (Fsp3) is 0.231. The molecular formula is C26H26N2O3. The Labute approximate surface area is 182 Å². The van der Waals surface area contributed by atoms with Crippen LogP contribution in [0.25, 0.3) is 0 Å². The Kier molecular flexibility index (Phi) is 6.03. The van der Waals surface area contributed by atoms with Gasteiger partial charge in [0.1, 0.15) is 12.4 Å². The van der Waals surface area contributed by atoms with Crippen molar-refractivity contribution in [2.75, 3.05) is 11.9 Å². The van der Waals surface area contributed by atoms with Gasteiger partial charge >= 0.3 is 0 Å². The highest BCUT2D eigenvalue weighted by molar-refractivity contribution is 6.04. The zero-order valence-corrected chi connectivity index (χ0v) is 17.7. The fourth-order valence-corrected chi connectivity index (χ4v) is 3.71. The van der Waals surface area contributed by atoms with E-state index in [2.05, 4.69) is 10.6 Å². The Bertz CT molecular complexity index is 1080. The first-order valence-electron chi connectivity index (χ1n) is 10.5. The zero-order valence-electron chi connectivity index (χ0n) is 17.7. The standard InChI is InChI=1S/C26H26N2O3/c1-17-8-10-20(11-9-17)25(29)28-23-12-13-24-21(15-23)14-22(16-31-24)26(30)27-18(2)19-6-4-3-5-7-19/h3-13,15,18,22H,14,16H2,1-2H3,(H,27,30)(H,28,29)/t18-,22-/m0/s1. The van der Waals surface area contributed by atoms with E-state index in [4.69, 9.17) is 4.74 Å². The molecule has 0 bridgehead atoms. The van der Waals surface area contributed by atoms with Crippen LogP contribution in [0.15, 0.2) is 72.8 Å². The van der Waals surface area contributed by atoms with Crippen molar-refractivity contribution in [2.45, 2.75) is 26.3 Å². The van der Waals surface area contributed by atoms with Crippen LogP contribution in [0.4, 0.5) is 5.69 Å². The zero-order chi connectivity index (χ0) is 21.8. The molecule has 3 aromatic rings. The average Bonchev–Trinajstić information content (AvgIpc) is 2.79. The second-order valence-corrected chi connectivity index (χ2v) is 8.00. The van der Waals surface area contributed by atoms with Crippen molar-refractivity contribution in [3.63, 3.8) is 0 Å². The second-order valence-electron chi connectivity index (χ2n) is 8.00. The Balaban J connectivity index is 1.41. The highest BCUT2D eigenvalue weighted by Crippen LogP contribution is 2.30. The first kappa shape index (κ1) is 20.7. The monoisotopic (exact) mass is 414 g/mol. The molecule has 2 amide bonds.